The number of benzene rings is 2. The van der Waals surface area contributed by atoms with Crippen LogP contribution < -0.4 is 10.1 Å². The van der Waals surface area contributed by atoms with E-state index in [1.54, 1.807) is 12.0 Å². The highest BCUT2D eigenvalue weighted by Gasteiger charge is 2.17. The van der Waals surface area contributed by atoms with Gasteiger partial charge in [-0.25, -0.2) is 0 Å². The van der Waals surface area contributed by atoms with Gasteiger partial charge < -0.3 is 15.0 Å². The number of carbonyl (C=O) groups is 2. The third kappa shape index (κ3) is 6.86. The van der Waals surface area contributed by atoms with Gasteiger partial charge in [0.05, 0.1) is 7.11 Å². The summed E-state index contributed by atoms with van der Waals surface area (Å²) in [5, 5.41) is 12.2. The Morgan fingerprint density at radius 2 is 1.73 bits per heavy atom. The van der Waals surface area contributed by atoms with Crippen molar-refractivity contribution in [2.24, 2.45) is 0 Å². The largest absolute Gasteiger partial charge is 0.497 e. The fraction of sp³-hybridized carbons (Fsp3) is 0.360. The molecule has 0 aliphatic carbocycles. The molecule has 0 fully saturated rings. The second kappa shape index (κ2) is 12.1. The summed E-state index contributed by atoms with van der Waals surface area (Å²) in [6, 6.07) is 15.2. The van der Waals surface area contributed by atoms with Crippen LogP contribution in [0.5, 0.6) is 5.75 Å². The zero-order valence-corrected chi connectivity index (χ0v) is 20.2. The highest BCUT2D eigenvalue weighted by atomic mass is 32.1. The van der Waals surface area contributed by atoms with E-state index in [0.717, 1.165) is 30.6 Å². The summed E-state index contributed by atoms with van der Waals surface area (Å²) >= 11 is 1.31. The van der Waals surface area contributed by atoms with Crippen LogP contribution in [0.3, 0.4) is 0 Å². The lowest BCUT2D eigenvalue weighted by Gasteiger charge is -2.22. The van der Waals surface area contributed by atoms with Gasteiger partial charge in [-0.05, 0) is 54.8 Å². The van der Waals surface area contributed by atoms with E-state index >= 15 is 0 Å². The molecular weight excluding hydrogens is 436 g/mol. The topological polar surface area (TPSA) is 84.4 Å². The van der Waals surface area contributed by atoms with Crippen LogP contribution in [0.25, 0.3) is 10.6 Å². The third-order valence-corrected chi connectivity index (χ3v) is 6.18. The summed E-state index contributed by atoms with van der Waals surface area (Å²) in [7, 11) is 1.62. The van der Waals surface area contributed by atoms with E-state index in [0.29, 0.717) is 28.8 Å². The Hall–Kier alpha value is -3.26. The van der Waals surface area contributed by atoms with Crippen molar-refractivity contribution in [1.29, 1.82) is 0 Å². The van der Waals surface area contributed by atoms with Crippen LogP contribution in [-0.2, 0) is 11.2 Å². The van der Waals surface area contributed by atoms with Crippen molar-refractivity contribution in [1.82, 2.24) is 15.1 Å². The van der Waals surface area contributed by atoms with Gasteiger partial charge in [0, 0.05) is 30.6 Å². The number of nitrogens with one attached hydrogen (secondary N) is 1. The maximum Gasteiger partial charge on any atom is 0.253 e. The number of ether oxygens (including phenoxy) is 1. The lowest BCUT2D eigenvalue weighted by atomic mass is 10.1. The van der Waals surface area contributed by atoms with E-state index in [2.05, 4.69) is 29.4 Å². The van der Waals surface area contributed by atoms with Crippen LogP contribution in [0.1, 0.15) is 49.0 Å². The minimum Gasteiger partial charge on any atom is -0.497 e. The van der Waals surface area contributed by atoms with Gasteiger partial charge in [0.2, 0.25) is 11.0 Å². The van der Waals surface area contributed by atoms with E-state index in [1.807, 2.05) is 48.5 Å². The highest BCUT2D eigenvalue weighted by molar-refractivity contribution is 7.18. The van der Waals surface area contributed by atoms with Gasteiger partial charge >= 0.3 is 0 Å². The van der Waals surface area contributed by atoms with Crippen molar-refractivity contribution in [3.8, 4) is 16.3 Å². The number of aryl methyl sites for hydroxylation is 1. The molecule has 2 aromatic carbocycles. The van der Waals surface area contributed by atoms with Crippen LogP contribution in [0.4, 0.5) is 5.13 Å². The van der Waals surface area contributed by atoms with E-state index in [4.69, 9.17) is 4.74 Å². The number of methoxy groups -OCH3 is 1. The molecule has 7 nitrogen and oxygen atoms in total. The van der Waals surface area contributed by atoms with Crippen molar-refractivity contribution in [2.45, 2.75) is 39.5 Å². The van der Waals surface area contributed by atoms with E-state index in [-0.39, 0.29) is 18.2 Å². The molecule has 0 aliphatic heterocycles. The lowest BCUT2D eigenvalue weighted by Crippen LogP contribution is -2.34. The molecule has 2 amide bonds. The Morgan fingerprint density at radius 1 is 1.00 bits per heavy atom. The van der Waals surface area contributed by atoms with Gasteiger partial charge in [0.15, 0.2) is 0 Å². The number of anilines is 1. The first-order valence-electron chi connectivity index (χ1n) is 11.2. The molecule has 0 spiro atoms. The van der Waals surface area contributed by atoms with Crippen molar-refractivity contribution in [3.63, 3.8) is 0 Å². The molecule has 1 N–H and O–H groups in total. The zero-order chi connectivity index (χ0) is 23.6. The van der Waals surface area contributed by atoms with Crippen LogP contribution in [0.2, 0.25) is 0 Å². The number of hydrogen-bond donors (Lipinski definition) is 1. The van der Waals surface area contributed by atoms with Crippen LogP contribution in [0, 0.1) is 0 Å². The molecule has 8 heteroatoms. The molecule has 0 saturated heterocycles. The smallest absolute Gasteiger partial charge is 0.253 e. The predicted octanol–water partition coefficient (Wildman–Crippen LogP) is 5.05. The lowest BCUT2D eigenvalue weighted by molar-refractivity contribution is -0.116. The molecule has 33 heavy (non-hydrogen) atoms. The molecule has 0 bridgehead atoms. The average molecular weight is 467 g/mol. The molecule has 0 unspecified atom stereocenters. The van der Waals surface area contributed by atoms with E-state index in [9.17, 15) is 9.59 Å². The first-order valence-corrected chi connectivity index (χ1v) is 12.0. The van der Waals surface area contributed by atoms with Crippen LogP contribution in [-0.4, -0.2) is 47.1 Å². The van der Waals surface area contributed by atoms with E-state index < -0.39 is 0 Å². The molecule has 0 radical (unpaired) electrons. The first kappa shape index (κ1) is 24.4. The Kier molecular flexibility index (Phi) is 8.95. The van der Waals surface area contributed by atoms with Gasteiger partial charge in [-0.15, -0.1) is 10.2 Å². The second-order valence-corrected chi connectivity index (χ2v) is 8.61. The Labute approximate surface area is 198 Å². The maximum atomic E-state index is 13.0. The van der Waals surface area contributed by atoms with Crippen molar-refractivity contribution >= 4 is 28.3 Å². The number of rotatable bonds is 11. The van der Waals surface area contributed by atoms with Crippen molar-refractivity contribution in [3.05, 3.63) is 59.7 Å². The quantitative estimate of drug-likeness (QED) is 0.428. The predicted molar refractivity (Wildman–Crippen MR) is 132 cm³/mol. The minimum atomic E-state index is -0.192. The van der Waals surface area contributed by atoms with Crippen molar-refractivity contribution < 1.29 is 14.3 Å². The van der Waals surface area contributed by atoms with E-state index in [1.165, 1.54) is 16.9 Å². The standard InChI is InChI=1S/C25H30N4O3S/c1-4-6-16-29(24(31)20-9-7-18(5-2)8-10-20)17-15-22(30)26-25-28-27-23(33-25)19-11-13-21(32-3)14-12-19/h7-14H,4-6,15-17H2,1-3H3,(H,26,28,30). The Bertz CT molecular complexity index is 1050. The monoisotopic (exact) mass is 466 g/mol. The number of hydrogen-bond acceptors (Lipinski definition) is 6. The molecule has 3 aromatic rings. The molecule has 174 valence electrons. The molecule has 3 rings (SSSR count). The Morgan fingerprint density at radius 3 is 2.36 bits per heavy atom. The number of carbonyl (C=O) groups excluding carboxylic acids is 2. The molecular formula is C25H30N4O3S. The van der Waals surface area contributed by atoms with Gasteiger partial charge in [0.1, 0.15) is 10.8 Å². The minimum absolute atomic E-state index is 0.0448. The molecule has 0 atom stereocenters. The summed E-state index contributed by atoms with van der Waals surface area (Å²) in [6.45, 7) is 5.14. The van der Waals surface area contributed by atoms with Gasteiger partial charge in [-0.3, -0.25) is 9.59 Å². The van der Waals surface area contributed by atoms with Gasteiger partial charge in [-0.2, -0.15) is 0 Å². The van der Waals surface area contributed by atoms with Crippen LogP contribution in [0.15, 0.2) is 48.5 Å². The zero-order valence-electron chi connectivity index (χ0n) is 19.3. The van der Waals surface area contributed by atoms with Gasteiger partial charge in [-0.1, -0.05) is 43.7 Å². The summed E-state index contributed by atoms with van der Waals surface area (Å²) in [5.74, 6) is 0.528. The summed E-state index contributed by atoms with van der Waals surface area (Å²) in [5.41, 5.74) is 2.74. The number of nitrogens with zero attached hydrogens (tertiary/aromatic N) is 3. The normalized spacial score (nSPS) is 10.6. The maximum absolute atomic E-state index is 13.0. The SMILES string of the molecule is CCCCN(CCC(=O)Nc1nnc(-c2ccc(OC)cc2)s1)C(=O)c1ccc(CC)cc1. The summed E-state index contributed by atoms with van der Waals surface area (Å²) in [4.78, 5) is 27.3. The van der Waals surface area contributed by atoms with Crippen LogP contribution >= 0.6 is 11.3 Å². The summed E-state index contributed by atoms with van der Waals surface area (Å²) in [6.07, 6.45) is 2.99. The molecule has 0 aliphatic rings. The Balaban J connectivity index is 1.58. The van der Waals surface area contributed by atoms with Crippen molar-refractivity contribution in [2.75, 3.05) is 25.5 Å². The fourth-order valence-electron chi connectivity index (χ4n) is 3.27. The highest BCUT2D eigenvalue weighted by Crippen LogP contribution is 2.27. The first-order chi connectivity index (χ1) is 16.0. The molecule has 0 saturated carbocycles. The second-order valence-electron chi connectivity index (χ2n) is 7.64. The fourth-order valence-corrected chi connectivity index (χ4v) is 4.04. The molecule has 1 aromatic heterocycles. The third-order valence-electron chi connectivity index (χ3n) is 5.30. The van der Waals surface area contributed by atoms with Gasteiger partial charge in [0.25, 0.3) is 5.91 Å². The average Bonchev–Trinajstić information content (AvgIpc) is 3.32. The molecule has 1 heterocycles. The number of amides is 2. The number of aromatic nitrogens is 2. The number of unbranched alkanes of at least 4 members (excludes halogenated alkanes) is 1. The summed E-state index contributed by atoms with van der Waals surface area (Å²) < 4.78 is 5.17.